The van der Waals surface area contributed by atoms with Crippen molar-refractivity contribution >= 4 is 11.9 Å². The van der Waals surface area contributed by atoms with E-state index in [1.54, 1.807) is 25.1 Å². The first-order valence-electron chi connectivity index (χ1n) is 11.4. The molecule has 0 aromatic heterocycles. The average Bonchev–Trinajstić information content (AvgIpc) is 3.11. The molecule has 2 heterocycles. The molecule has 8 heteroatoms. The Labute approximate surface area is 203 Å². The summed E-state index contributed by atoms with van der Waals surface area (Å²) in [4.78, 5) is 26.9. The van der Waals surface area contributed by atoms with E-state index in [2.05, 4.69) is 5.32 Å². The number of carbonyl (C=O) groups excluding carboxylic acids is 2. The van der Waals surface area contributed by atoms with E-state index in [0.29, 0.717) is 36.0 Å². The summed E-state index contributed by atoms with van der Waals surface area (Å²) < 4.78 is 16.8. The predicted octanol–water partition coefficient (Wildman–Crippen LogP) is 3.33. The lowest BCUT2D eigenvalue weighted by atomic mass is 9.91. The van der Waals surface area contributed by atoms with Gasteiger partial charge in [0.1, 0.15) is 37.2 Å². The van der Waals surface area contributed by atoms with Gasteiger partial charge in [0.2, 0.25) is 0 Å². The van der Waals surface area contributed by atoms with E-state index in [0.717, 1.165) is 16.0 Å². The first kappa shape index (κ1) is 22.7. The molecule has 0 radical (unpaired) electrons. The number of amides is 3. The van der Waals surface area contributed by atoms with Crippen molar-refractivity contribution in [1.29, 1.82) is 0 Å². The van der Waals surface area contributed by atoms with Gasteiger partial charge < -0.3 is 24.6 Å². The van der Waals surface area contributed by atoms with E-state index in [9.17, 15) is 14.7 Å². The van der Waals surface area contributed by atoms with Crippen molar-refractivity contribution in [1.82, 2.24) is 10.2 Å². The smallest absolute Gasteiger partial charge is 0.325 e. The number of β-amino-alcohol motifs (C(OH)–C–C–N with tert-alkyl or cyclic N) is 1. The fraction of sp³-hybridized carbons (Fsp3) is 0.259. The van der Waals surface area contributed by atoms with Crippen molar-refractivity contribution in [3.8, 4) is 28.4 Å². The monoisotopic (exact) mass is 474 g/mol. The van der Waals surface area contributed by atoms with E-state index < -0.39 is 23.6 Å². The number of nitrogens with zero attached hydrogens (tertiary/aromatic N) is 1. The lowest BCUT2D eigenvalue weighted by Gasteiger charge is -2.25. The number of nitrogens with one attached hydrogen (secondary N) is 1. The molecule has 35 heavy (non-hydrogen) atoms. The number of ether oxygens (including phenoxy) is 3. The van der Waals surface area contributed by atoms with E-state index in [4.69, 9.17) is 14.2 Å². The summed E-state index contributed by atoms with van der Waals surface area (Å²) in [5.74, 6) is 1.26. The van der Waals surface area contributed by atoms with Gasteiger partial charge in [0.25, 0.3) is 5.91 Å². The Hall–Kier alpha value is -4.04. The summed E-state index contributed by atoms with van der Waals surface area (Å²) in [6, 6.07) is 22.1. The van der Waals surface area contributed by atoms with Crippen molar-refractivity contribution in [2.75, 3.05) is 26.4 Å². The van der Waals surface area contributed by atoms with E-state index in [-0.39, 0.29) is 13.2 Å². The molecule has 0 bridgehead atoms. The number of aliphatic hydroxyl groups excluding tert-OH is 1. The molecule has 8 nitrogen and oxygen atoms in total. The van der Waals surface area contributed by atoms with Crippen LogP contribution in [0.15, 0.2) is 72.8 Å². The highest BCUT2D eigenvalue weighted by Crippen LogP contribution is 2.37. The molecule has 3 aromatic carbocycles. The fourth-order valence-electron chi connectivity index (χ4n) is 4.24. The van der Waals surface area contributed by atoms with Gasteiger partial charge in [-0.05, 0) is 47.9 Å². The molecule has 0 saturated carbocycles. The van der Waals surface area contributed by atoms with Crippen LogP contribution in [0.5, 0.6) is 17.2 Å². The van der Waals surface area contributed by atoms with Gasteiger partial charge in [-0.25, -0.2) is 4.79 Å². The standard InChI is InChI=1S/C27H26N2O6/c1-27(20-9-12-23-24(15-20)34-14-13-33-23)25(31)29(26(32)28-27)16-21(30)17-35-22-10-7-19(8-11-22)18-5-3-2-4-6-18/h2-12,15,21,30H,13-14,16-17H2,1H3,(H,28,32). The molecule has 2 aliphatic heterocycles. The van der Waals surface area contributed by atoms with Crippen LogP contribution < -0.4 is 19.5 Å². The van der Waals surface area contributed by atoms with Crippen LogP contribution in [0, 0.1) is 0 Å². The van der Waals surface area contributed by atoms with Crippen molar-refractivity contribution in [3.05, 3.63) is 78.4 Å². The number of fused-ring (bicyclic) bond motifs is 1. The molecule has 2 aliphatic rings. The highest BCUT2D eigenvalue weighted by Gasteiger charge is 2.49. The van der Waals surface area contributed by atoms with Crippen LogP contribution in [0.3, 0.4) is 0 Å². The van der Waals surface area contributed by atoms with Crippen molar-refractivity contribution in [3.63, 3.8) is 0 Å². The molecular formula is C27H26N2O6. The van der Waals surface area contributed by atoms with Crippen LogP contribution in [0.2, 0.25) is 0 Å². The van der Waals surface area contributed by atoms with E-state index in [1.807, 2.05) is 54.6 Å². The summed E-state index contributed by atoms with van der Waals surface area (Å²) in [5, 5.41) is 13.2. The third kappa shape index (κ3) is 4.52. The lowest BCUT2D eigenvalue weighted by Crippen LogP contribution is -2.42. The van der Waals surface area contributed by atoms with Crippen LogP contribution in [-0.4, -0.2) is 54.4 Å². The number of rotatable bonds is 7. The third-order valence-electron chi connectivity index (χ3n) is 6.19. The Bertz CT molecular complexity index is 1230. The summed E-state index contributed by atoms with van der Waals surface area (Å²) in [6.07, 6.45) is -1.05. The molecule has 2 atom stereocenters. The molecule has 180 valence electrons. The number of urea groups is 1. The zero-order valence-electron chi connectivity index (χ0n) is 19.3. The Kier molecular flexibility index (Phi) is 6.05. The maximum Gasteiger partial charge on any atom is 0.325 e. The van der Waals surface area contributed by atoms with Crippen LogP contribution >= 0.6 is 0 Å². The normalized spacial score (nSPS) is 19.9. The van der Waals surface area contributed by atoms with Gasteiger partial charge >= 0.3 is 6.03 Å². The molecule has 5 rings (SSSR count). The Morgan fingerprint density at radius 2 is 1.66 bits per heavy atom. The summed E-state index contributed by atoms with van der Waals surface area (Å²) >= 11 is 0. The molecule has 0 spiro atoms. The van der Waals surface area contributed by atoms with Crippen molar-refractivity contribution in [2.24, 2.45) is 0 Å². The van der Waals surface area contributed by atoms with Crippen molar-refractivity contribution in [2.45, 2.75) is 18.6 Å². The van der Waals surface area contributed by atoms with Gasteiger partial charge in [-0.2, -0.15) is 0 Å². The maximum absolute atomic E-state index is 13.2. The van der Waals surface area contributed by atoms with E-state index in [1.165, 1.54) is 0 Å². The first-order valence-corrected chi connectivity index (χ1v) is 11.4. The number of hydrogen-bond donors (Lipinski definition) is 2. The molecule has 2 N–H and O–H groups in total. The molecule has 1 saturated heterocycles. The molecular weight excluding hydrogens is 448 g/mol. The topological polar surface area (TPSA) is 97.3 Å². The summed E-state index contributed by atoms with van der Waals surface area (Å²) in [7, 11) is 0. The summed E-state index contributed by atoms with van der Waals surface area (Å²) in [5.41, 5.74) is 1.45. The highest BCUT2D eigenvalue weighted by molar-refractivity contribution is 6.07. The van der Waals surface area contributed by atoms with E-state index >= 15 is 0 Å². The number of imide groups is 1. The second kappa shape index (κ2) is 9.31. The predicted molar refractivity (Wildman–Crippen MR) is 128 cm³/mol. The van der Waals surface area contributed by atoms with Crippen LogP contribution in [0.1, 0.15) is 12.5 Å². The average molecular weight is 475 g/mol. The molecule has 1 fully saturated rings. The van der Waals surface area contributed by atoms with Crippen LogP contribution in [0.4, 0.5) is 4.79 Å². The van der Waals surface area contributed by atoms with Gasteiger partial charge in [0.15, 0.2) is 11.5 Å². The fourth-order valence-corrected chi connectivity index (χ4v) is 4.24. The third-order valence-corrected chi connectivity index (χ3v) is 6.19. The molecule has 2 unspecified atom stereocenters. The van der Waals surface area contributed by atoms with Gasteiger partial charge in [0.05, 0.1) is 6.54 Å². The Balaban J connectivity index is 1.21. The number of aliphatic hydroxyl groups is 1. The number of benzene rings is 3. The van der Waals surface area contributed by atoms with Crippen LogP contribution in [0.25, 0.3) is 11.1 Å². The zero-order chi connectivity index (χ0) is 24.4. The lowest BCUT2D eigenvalue weighted by molar-refractivity contribution is -0.132. The molecule has 0 aliphatic carbocycles. The SMILES string of the molecule is CC1(c2ccc3c(c2)OCCO3)NC(=O)N(CC(O)COc2ccc(-c3ccccc3)cc2)C1=O. The Morgan fingerprint density at radius 1 is 0.971 bits per heavy atom. The molecule has 3 amide bonds. The van der Waals surface area contributed by atoms with Crippen molar-refractivity contribution < 1.29 is 28.9 Å². The second-order valence-corrected chi connectivity index (χ2v) is 8.68. The van der Waals surface area contributed by atoms with Crippen LogP contribution in [-0.2, 0) is 10.3 Å². The van der Waals surface area contributed by atoms with Gasteiger partial charge in [-0.3, -0.25) is 9.69 Å². The zero-order valence-corrected chi connectivity index (χ0v) is 19.3. The number of hydrogen-bond acceptors (Lipinski definition) is 6. The van der Waals surface area contributed by atoms with Gasteiger partial charge in [-0.1, -0.05) is 48.5 Å². The molecule has 3 aromatic rings. The summed E-state index contributed by atoms with van der Waals surface area (Å²) in [6.45, 7) is 2.26. The maximum atomic E-state index is 13.2. The van der Waals surface area contributed by atoms with Gasteiger partial charge in [0, 0.05) is 0 Å². The minimum absolute atomic E-state index is 0.0670. The van der Waals surface area contributed by atoms with Gasteiger partial charge in [-0.15, -0.1) is 0 Å². The largest absolute Gasteiger partial charge is 0.491 e. The minimum atomic E-state index is -1.28. The first-order chi connectivity index (χ1) is 16.9. The number of carbonyl (C=O) groups is 2. The quantitative estimate of drug-likeness (QED) is 0.510. The highest BCUT2D eigenvalue weighted by atomic mass is 16.6. The Morgan fingerprint density at radius 3 is 2.40 bits per heavy atom. The minimum Gasteiger partial charge on any atom is -0.491 e. The second-order valence-electron chi connectivity index (χ2n) is 8.68.